The van der Waals surface area contributed by atoms with E-state index in [1.807, 2.05) is 0 Å². The summed E-state index contributed by atoms with van der Waals surface area (Å²) in [5.41, 5.74) is -0.434. The maximum absolute atomic E-state index is 12.8. The molecule has 0 aromatic rings. The molecule has 140 valence electrons. The van der Waals surface area contributed by atoms with Crippen molar-refractivity contribution in [3.05, 3.63) is 0 Å². The number of hydrogen-bond acceptors (Lipinski definition) is 5. The molecule has 0 bridgehead atoms. The summed E-state index contributed by atoms with van der Waals surface area (Å²) in [4.78, 5) is 12.8. The number of esters is 1. The Morgan fingerprint density at radius 2 is 1.62 bits per heavy atom. The standard InChI is InChI=1S/C20H29O5.Na/c21-11-5-7-15-17(9-11)24-18-10-12(22)6-8-16(18)20(15)14-4-2-1-3-13(14)19(23)25-20;/h11-18,21H,1-10H2;/q-1;+1. The number of hydrogen-bond donors (Lipinski definition) is 1. The van der Waals surface area contributed by atoms with Gasteiger partial charge in [-0.2, -0.15) is 0 Å². The third-order valence-corrected chi connectivity index (χ3v) is 7.94. The van der Waals surface area contributed by atoms with E-state index in [0.717, 1.165) is 38.5 Å². The predicted molar refractivity (Wildman–Crippen MR) is 87.4 cm³/mol. The van der Waals surface area contributed by atoms with Gasteiger partial charge in [-0.25, -0.2) is 0 Å². The van der Waals surface area contributed by atoms with Crippen molar-refractivity contribution in [1.82, 2.24) is 0 Å². The number of aliphatic hydroxyl groups is 1. The Kier molecular flexibility index (Phi) is 5.53. The molecule has 6 heteroatoms. The average molecular weight is 372 g/mol. The summed E-state index contributed by atoms with van der Waals surface area (Å²) < 4.78 is 12.7. The maximum atomic E-state index is 12.8. The van der Waals surface area contributed by atoms with Gasteiger partial charge in [0.1, 0.15) is 5.60 Å². The van der Waals surface area contributed by atoms with E-state index >= 15 is 0 Å². The number of carbonyl (C=O) groups is 1. The maximum Gasteiger partial charge on any atom is 1.00 e. The molecule has 1 spiro atoms. The minimum atomic E-state index is -0.567. The Hall–Kier alpha value is 0.350. The van der Waals surface area contributed by atoms with Gasteiger partial charge in [0.05, 0.1) is 24.2 Å². The fraction of sp³-hybridized carbons (Fsp3) is 0.950. The Morgan fingerprint density at radius 3 is 2.42 bits per heavy atom. The number of fused-ring (bicyclic) bond motifs is 6. The Bertz CT molecular complexity index is 528. The normalized spacial score (nSPS) is 53.1. The molecule has 9 unspecified atom stereocenters. The molecule has 0 radical (unpaired) electrons. The van der Waals surface area contributed by atoms with Crippen LogP contribution in [0.25, 0.3) is 0 Å². The molecule has 2 aliphatic heterocycles. The zero-order valence-corrected chi connectivity index (χ0v) is 17.8. The minimum absolute atomic E-state index is 0. The van der Waals surface area contributed by atoms with E-state index in [9.17, 15) is 15.0 Å². The van der Waals surface area contributed by atoms with Gasteiger partial charge in [-0.3, -0.25) is 4.79 Å². The SMILES string of the molecule is O=C1OC2(C3CCC([O-])CC3OC3CC(O)CCC32)C2CCCCC12.[Na+]. The van der Waals surface area contributed by atoms with E-state index in [1.165, 1.54) is 6.42 Å². The van der Waals surface area contributed by atoms with Crippen molar-refractivity contribution >= 4 is 5.97 Å². The van der Waals surface area contributed by atoms with E-state index in [2.05, 4.69) is 0 Å². The third-order valence-electron chi connectivity index (χ3n) is 7.94. The molecule has 26 heavy (non-hydrogen) atoms. The molecule has 0 aromatic carbocycles. The number of rotatable bonds is 0. The summed E-state index contributed by atoms with van der Waals surface area (Å²) in [6.45, 7) is 0. The van der Waals surface area contributed by atoms with Crippen molar-refractivity contribution < 1.29 is 54.0 Å². The summed E-state index contributed by atoms with van der Waals surface area (Å²) >= 11 is 0. The second kappa shape index (κ2) is 7.31. The summed E-state index contributed by atoms with van der Waals surface area (Å²) in [7, 11) is 0. The van der Waals surface area contributed by atoms with Gasteiger partial charge in [-0.15, -0.1) is 6.10 Å². The Morgan fingerprint density at radius 1 is 0.923 bits per heavy atom. The summed E-state index contributed by atoms with van der Waals surface area (Å²) in [6.07, 6.45) is 7.50. The molecule has 3 aliphatic carbocycles. The second-order valence-corrected chi connectivity index (χ2v) is 9.10. The molecular formula is C20H29NaO5. The molecule has 1 N–H and O–H groups in total. The van der Waals surface area contributed by atoms with Gasteiger partial charge >= 0.3 is 35.5 Å². The van der Waals surface area contributed by atoms with Crippen LogP contribution in [0, 0.1) is 23.7 Å². The Balaban J connectivity index is 0.00000168. The van der Waals surface area contributed by atoms with Crippen molar-refractivity contribution in [2.24, 2.45) is 23.7 Å². The molecule has 5 fully saturated rings. The zero-order valence-electron chi connectivity index (χ0n) is 15.8. The van der Waals surface area contributed by atoms with E-state index in [4.69, 9.17) is 9.47 Å². The molecular weight excluding hydrogens is 343 g/mol. The van der Waals surface area contributed by atoms with Crippen LogP contribution in [0.2, 0.25) is 0 Å². The first kappa shape index (κ1) is 19.7. The quantitative estimate of drug-likeness (QED) is 0.416. The van der Waals surface area contributed by atoms with Crippen LogP contribution in [0.1, 0.15) is 64.2 Å². The summed E-state index contributed by atoms with van der Waals surface area (Å²) in [5.74, 6) is 0.698. The molecule has 5 rings (SSSR count). The van der Waals surface area contributed by atoms with Crippen molar-refractivity contribution in [2.45, 2.75) is 94.2 Å². The Labute approximate surface area is 177 Å². The van der Waals surface area contributed by atoms with Crippen LogP contribution in [-0.2, 0) is 14.3 Å². The first-order chi connectivity index (χ1) is 12.1. The van der Waals surface area contributed by atoms with Gasteiger partial charge < -0.3 is 19.7 Å². The van der Waals surface area contributed by atoms with Gasteiger partial charge in [0.25, 0.3) is 0 Å². The predicted octanol–water partition coefficient (Wildman–Crippen LogP) is -1.45. The topological polar surface area (TPSA) is 78.8 Å². The molecule has 0 aromatic heterocycles. The van der Waals surface area contributed by atoms with Gasteiger partial charge in [0, 0.05) is 17.8 Å². The van der Waals surface area contributed by atoms with Gasteiger partial charge in [0.2, 0.25) is 0 Å². The molecule has 9 atom stereocenters. The number of carbonyl (C=O) groups excluding carboxylic acids is 1. The van der Waals surface area contributed by atoms with Crippen LogP contribution in [0.15, 0.2) is 0 Å². The summed E-state index contributed by atoms with van der Waals surface area (Å²) in [5, 5.41) is 22.3. The number of ether oxygens (including phenoxy) is 2. The monoisotopic (exact) mass is 372 g/mol. The molecule has 5 aliphatic rings. The van der Waals surface area contributed by atoms with Crippen LogP contribution >= 0.6 is 0 Å². The van der Waals surface area contributed by atoms with Gasteiger partial charge in [-0.1, -0.05) is 19.3 Å². The fourth-order valence-electron chi connectivity index (χ4n) is 7.01. The van der Waals surface area contributed by atoms with E-state index < -0.39 is 11.7 Å². The van der Waals surface area contributed by atoms with E-state index in [-0.39, 0.29) is 77.5 Å². The van der Waals surface area contributed by atoms with Crippen LogP contribution in [0.4, 0.5) is 0 Å². The number of aliphatic hydroxyl groups excluding tert-OH is 1. The minimum Gasteiger partial charge on any atom is -0.852 e. The van der Waals surface area contributed by atoms with Crippen LogP contribution < -0.4 is 34.7 Å². The molecule has 2 heterocycles. The third kappa shape index (κ3) is 2.84. The molecule has 0 amide bonds. The van der Waals surface area contributed by atoms with Crippen LogP contribution in [0.3, 0.4) is 0 Å². The first-order valence-corrected chi connectivity index (χ1v) is 10.3. The summed E-state index contributed by atoms with van der Waals surface area (Å²) in [6, 6.07) is 0. The van der Waals surface area contributed by atoms with Crippen LogP contribution in [-0.4, -0.2) is 41.1 Å². The van der Waals surface area contributed by atoms with Gasteiger partial charge in [-0.05, 0) is 44.9 Å². The van der Waals surface area contributed by atoms with Crippen LogP contribution in [0.5, 0.6) is 0 Å². The molecule has 2 saturated heterocycles. The van der Waals surface area contributed by atoms with Crippen molar-refractivity contribution in [3.8, 4) is 0 Å². The largest absolute Gasteiger partial charge is 1.00 e. The van der Waals surface area contributed by atoms with Crippen molar-refractivity contribution in [3.63, 3.8) is 0 Å². The second-order valence-electron chi connectivity index (χ2n) is 9.10. The van der Waals surface area contributed by atoms with E-state index in [0.29, 0.717) is 19.3 Å². The van der Waals surface area contributed by atoms with Crippen molar-refractivity contribution in [2.75, 3.05) is 0 Å². The smallest absolute Gasteiger partial charge is 0.852 e. The van der Waals surface area contributed by atoms with Crippen molar-refractivity contribution in [1.29, 1.82) is 0 Å². The van der Waals surface area contributed by atoms with E-state index in [1.54, 1.807) is 0 Å². The zero-order chi connectivity index (χ0) is 17.2. The fourth-order valence-corrected chi connectivity index (χ4v) is 7.01. The molecule has 5 nitrogen and oxygen atoms in total. The first-order valence-electron chi connectivity index (χ1n) is 10.3. The van der Waals surface area contributed by atoms with Gasteiger partial charge in [0.15, 0.2) is 0 Å². The average Bonchev–Trinajstić information content (AvgIpc) is 2.88. The molecule has 3 saturated carbocycles.